The molecule has 0 saturated heterocycles. The molecule has 1 heterocycles. The lowest BCUT2D eigenvalue weighted by Gasteiger charge is -2.24. The number of anilines is 1. The van der Waals surface area contributed by atoms with Gasteiger partial charge < -0.3 is 10.5 Å². The molecule has 0 radical (unpaired) electrons. The highest BCUT2D eigenvalue weighted by Gasteiger charge is 2.16. The third-order valence-electron chi connectivity index (χ3n) is 2.76. The van der Waals surface area contributed by atoms with Gasteiger partial charge in [-0.1, -0.05) is 19.3 Å². The molecule has 1 saturated carbocycles. The van der Waals surface area contributed by atoms with Gasteiger partial charge in [0.15, 0.2) is 0 Å². The predicted molar refractivity (Wildman–Crippen MR) is 56.1 cm³/mol. The molecule has 3 heteroatoms. The van der Waals surface area contributed by atoms with Gasteiger partial charge in [-0.05, 0) is 18.4 Å². The van der Waals surface area contributed by atoms with Crippen LogP contribution in [0.4, 0.5) is 5.69 Å². The Morgan fingerprint density at radius 3 is 3.00 bits per heavy atom. The van der Waals surface area contributed by atoms with Crippen molar-refractivity contribution in [2.45, 2.75) is 25.7 Å². The molecule has 0 bridgehead atoms. The zero-order valence-electron chi connectivity index (χ0n) is 8.28. The highest BCUT2D eigenvalue weighted by Crippen LogP contribution is 2.29. The Labute approximate surface area is 84.3 Å². The quantitative estimate of drug-likeness (QED) is 0.795. The van der Waals surface area contributed by atoms with Crippen LogP contribution < -0.4 is 10.5 Å². The topological polar surface area (TPSA) is 48.1 Å². The van der Waals surface area contributed by atoms with Crippen LogP contribution in [0.1, 0.15) is 25.7 Å². The molecule has 1 aromatic rings. The molecular weight excluding hydrogens is 176 g/mol. The number of aromatic nitrogens is 1. The van der Waals surface area contributed by atoms with E-state index < -0.39 is 0 Å². The lowest BCUT2D eigenvalue weighted by atomic mass is 9.83. The normalized spacial score (nSPS) is 16.3. The third-order valence-corrected chi connectivity index (χ3v) is 2.76. The van der Waals surface area contributed by atoms with Gasteiger partial charge >= 0.3 is 0 Å². The van der Waals surface area contributed by atoms with Crippen LogP contribution in [-0.4, -0.2) is 11.6 Å². The van der Waals surface area contributed by atoms with Gasteiger partial charge in [-0.3, -0.25) is 0 Å². The Morgan fingerprint density at radius 1 is 1.50 bits per heavy atom. The summed E-state index contributed by atoms with van der Waals surface area (Å²) in [5.74, 6) is 1.53. The number of rotatable bonds is 4. The van der Waals surface area contributed by atoms with E-state index in [1.807, 2.05) is 0 Å². The molecule has 2 N–H and O–H groups in total. The van der Waals surface area contributed by atoms with Gasteiger partial charge in [-0.2, -0.15) is 0 Å². The van der Waals surface area contributed by atoms with Crippen LogP contribution in [-0.2, 0) is 0 Å². The van der Waals surface area contributed by atoms with Gasteiger partial charge in [0, 0.05) is 18.0 Å². The van der Waals surface area contributed by atoms with Gasteiger partial charge in [0.2, 0.25) is 5.88 Å². The van der Waals surface area contributed by atoms with Crippen molar-refractivity contribution in [3.8, 4) is 5.88 Å². The minimum absolute atomic E-state index is 0.643. The average Bonchev–Trinajstić information content (AvgIpc) is 2.09. The van der Waals surface area contributed by atoms with Crippen LogP contribution in [0, 0.1) is 5.92 Å². The first kappa shape index (κ1) is 9.31. The number of hydrogen-bond acceptors (Lipinski definition) is 3. The number of hydrogen-bond donors (Lipinski definition) is 1. The first-order valence-electron chi connectivity index (χ1n) is 5.19. The maximum Gasteiger partial charge on any atom is 0.215 e. The van der Waals surface area contributed by atoms with Crippen molar-refractivity contribution in [2.24, 2.45) is 5.92 Å². The summed E-state index contributed by atoms with van der Waals surface area (Å²) < 4.78 is 5.50. The number of nitrogens with zero attached hydrogens (tertiary/aromatic N) is 1. The van der Waals surface area contributed by atoms with E-state index in [4.69, 9.17) is 10.5 Å². The molecule has 3 nitrogen and oxygen atoms in total. The van der Waals surface area contributed by atoms with Crippen LogP contribution in [0.3, 0.4) is 0 Å². The fraction of sp³-hybridized carbons (Fsp3) is 0.545. The zero-order valence-corrected chi connectivity index (χ0v) is 8.28. The van der Waals surface area contributed by atoms with Crippen LogP contribution in [0.2, 0.25) is 0 Å². The number of pyridine rings is 1. The van der Waals surface area contributed by atoms with E-state index in [-0.39, 0.29) is 0 Å². The van der Waals surface area contributed by atoms with Crippen molar-refractivity contribution in [3.63, 3.8) is 0 Å². The third kappa shape index (κ3) is 2.37. The summed E-state index contributed by atoms with van der Waals surface area (Å²) in [6, 6.07) is 3.53. The number of ether oxygens (including phenoxy) is 1. The summed E-state index contributed by atoms with van der Waals surface area (Å²) in [5, 5.41) is 0. The lowest BCUT2D eigenvalue weighted by Crippen LogP contribution is -2.14. The number of nitrogens with two attached hydrogens (primary N) is 1. The molecule has 1 aliphatic rings. The fourth-order valence-corrected chi connectivity index (χ4v) is 1.62. The second-order valence-corrected chi connectivity index (χ2v) is 3.86. The predicted octanol–water partition coefficient (Wildman–Crippen LogP) is 2.23. The van der Waals surface area contributed by atoms with E-state index in [0.29, 0.717) is 11.6 Å². The lowest BCUT2D eigenvalue weighted by molar-refractivity contribution is 0.217. The summed E-state index contributed by atoms with van der Waals surface area (Å²) in [6.45, 7) is 0.765. The Bertz CT molecular complexity index is 297. The summed E-state index contributed by atoms with van der Waals surface area (Å²) in [4.78, 5) is 4.08. The molecule has 0 aromatic carbocycles. The molecule has 1 fully saturated rings. The van der Waals surface area contributed by atoms with E-state index >= 15 is 0 Å². The van der Waals surface area contributed by atoms with Crippen molar-refractivity contribution in [2.75, 3.05) is 12.3 Å². The highest BCUT2D eigenvalue weighted by atomic mass is 16.5. The minimum Gasteiger partial charge on any atom is -0.478 e. The average molecular weight is 192 g/mol. The highest BCUT2D eigenvalue weighted by molar-refractivity contribution is 5.39. The summed E-state index contributed by atoms with van der Waals surface area (Å²) >= 11 is 0. The van der Waals surface area contributed by atoms with E-state index in [9.17, 15) is 0 Å². The maximum absolute atomic E-state index is 5.61. The van der Waals surface area contributed by atoms with Crippen LogP contribution in [0.15, 0.2) is 18.3 Å². The van der Waals surface area contributed by atoms with Crippen LogP contribution >= 0.6 is 0 Å². The molecule has 0 spiro atoms. The fourth-order valence-electron chi connectivity index (χ4n) is 1.62. The van der Waals surface area contributed by atoms with Crippen molar-refractivity contribution in [3.05, 3.63) is 18.3 Å². The second kappa shape index (κ2) is 4.31. The van der Waals surface area contributed by atoms with E-state index in [2.05, 4.69) is 4.98 Å². The van der Waals surface area contributed by atoms with Gasteiger partial charge in [0.25, 0.3) is 0 Å². The van der Waals surface area contributed by atoms with Gasteiger partial charge in [-0.25, -0.2) is 4.98 Å². The van der Waals surface area contributed by atoms with Gasteiger partial charge in [-0.15, -0.1) is 0 Å². The first-order valence-corrected chi connectivity index (χ1v) is 5.19. The first-order chi connectivity index (χ1) is 6.84. The van der Waals surface area contributed by atoms with Crippen LogP contribution in [0.5, 0.6) is 5.88 Å². The van der Waals surface area contributed by atoms with Gasteiger partial charge in [0.1, 0.15) is 0 Å². The maximum atomic E-state index is 5.61. The molecule has 76 valence electrons. The molecule has 14 heavy (non-hydrogen) atoms. The van der Waals surface area contributed by atoms with E-state index in [1.54, 1.807) is 18.3 Å². The van der Waals surface area contributed by atoms with Crippen molar-refractivity contribution >= 4 is 5.69 Å². The Morgan fingerprint density at radius 2 is 2.36 bits per heavy atom. The second-order valence-electron chi connectivity index (χ2n) is 3.86. The molecule has 1 aromatic heterocycles. The molecule has 0 unspecified atom stereocenters. The standard InChI is InChI=1S/C11H16N2O/c12-10-4-6-13-11(8-10)14-7-5-9-2-1-3-9/h4,6,8-9H,1-3,5,7H2,(H2,12,13). The largest absolute Gasteiger partial charge is 0.478 e. The smallest absolute Gasteiger partial charge is 0.215 e. The zero-order chi connectivity index (χ0) is 9.80. The monoisotopic (exact) mass is 192 g/mol. The summed E-state index contributed by atoms with van der Waals surface area (Å²) in [5.41, 5.74) is 6.31. The van der Waals surface area contributed by atoms with Gasteiger partial charge in [0.05, 0.1) is 6.61 Å². The Kier molecular flexibility index (Phi) is 2.87. The number of nitrogen functional groups attached to an aromatic ring is 1. The van der Waals surface area contributed by atoms with Crippen LogP contribution in [0.25, 0.3) is 0 Å². The summed E-state index contributed by atoms with van der Waals surface area (Å²) in [6.07, 6.45) is 6.95. The van der Waals surface area contributed by atoms with E-state index in [0.717, 1.165) is 18.9 Å². The van der Waals surface area contributed by atoms with E-state index in [1.165, 1.54) is 19.3 Å². The molecular formula is C11H16N2O. The van der Waals surface area contributed by atoms with Crippen molar-refractivity contribution in [1.82, 2.24) is 4.98 Å². The molecule has 1 aliphatic carbocycles. The molecule has 0 atom stereocenters. The minimum atomic E-state index is 0.643. The molecule has 0 aliphatic heterocycles. The Balaban J connectivity index is 1.74. The SMILES string of the molecule is Nc1ccnc(OCCC2CCC2)c1. The molecule has 0 amide bonds. The molecule has 2 rings (SSSR count). The van der Waals surface area contributed by atoms with Crippen molar-refractivity contribution < 1.29 is 4.74 Å². The van der Waals surface area contributed by atoms with Crippen molar-refractivity contribution in [1.29, 1.82) is 0 Å². The summed E-state index contributed by atoms with van der Waals surface area (Å²) in [7, 11) is 0. The Hall–Kier alpha value is -1.25.